The number of carboxylic acids is 1. The molecule has 6 nitrogen and oxygen atoms in total. The summed E-state index contributed by atoms with van der Waals surface area (Å²) in [6, 6.07) is 12.2. The standard InChI is InChI=1S/C18H16ClNO5/c19-15-9-13(17(21)22)8-14-10-20(6-7-24-16(14)15)18(23)25-11-12-4-2-1-3-5-12/h1-5,8-9H,6-7,10-11H2,(H,21,22). The van der Waals surface area contributed by atoms with Crippen LogP contribution in [-0.4, -0.2) is 35.2 Å². The number of benzene rings is 2. The lowest BCUT2D eigenvalue weighted by molar-refractivity contribution is 0.0696. The molecule has 1 N–H and O–H groups in total. The maximum atomic E-state index is 12.3. The molecule has 0 bridgehead atoms. The molecular formula is C18H16ClNO5. The molecule has 130 valence electrons. The van der Waals surface area contributed by atoms with Crippen molar-refractivity contribution in [3.8, 4) is 5.75 Å². The number of hydrogen-bond donors (Lipinski definition) is 1. The van der Waals surface area contributed by atoms with Crippen molar-refractivity contribution < 1.29 is 24.2 Å². The van der Waals surface area contributed by atoms with E-state index < -0.39 is 12.1 Å². The van der Waals surface area contributed by atoms with Crippen molar-refractivity contribution in [1.82, 2.24) is 4.90 Å². The number of aromatic carboxylic acids is 1. The molecule has 3 rings (SSSR count). The van der Waals surface area contributed by atoms with Crippen molar-refractivity contribution in [2.75, 3.05) is 13.2 Å². The number of hydrogen-bond acceptors (Lipinski definition) is 4. The van der Waals surface area contributed by atoms with E-state index in [1.165, 1.54) is 17.0 Å². The Balaban J connectivity index is 1.74. The second-order valence-electron chi connectivity index (χ2n) is 5.56. The van der Waals surface area contributed by atoms with Gasteiger partial charge in [-0.2, -0.15) is 0 Å². The summed E-state index contributed by atoms with van der Waals surface area (Å²) >= 11 is 6.11. The minimum atomic E-state index is -1.09. The van der Waals surface area contributed by atoms with Gasteiger partial charge in [-0.25, -0.2) is 9.59 Å². The first-order valence-electron chi connectivity index (χ1n) is 7.68. The fourth-order valence-corrected chi connectivity index (χ4v) is 2.86. The first kappa shape index (κ1) is 17.1. The molecule has 0 radical (unpaired) electrons. The number of carbonyl (C=O) groups excluding carboxylic acids is 1. The quantitative estimate of drug-likeness (QED) is 0.904. The van der Waals surface area contributed by atoms with Crippen LogP contribution in [0.1, 0.15) is 21.5 Å². The first-order valence-corrected chi connectivity index (χ1v) is 8.06. The van der Waals surface area contributed by atoms with Crippen LogP contribution in [0.4, 0.5) is 4.79 Å². The SMILES string of the molecule is O=C(O)c1cc(Cl)c2c(c1)CN(C(=O)OCc1ccccc1)CCO2. The number of halogens is 1. The van der Waals surface area contributed by atoms with Crippen LogP contribution in [0.2, 0.25) is 5.02 Å². The maximum Gasteiger partial charge on any atom is 0.410 e. The van der Waals surface area contributed by atoms with Gasteiger partial charge in [0.2, 0.25) is 0 Å². The number of fused-ring (bicyclic) bond motifs is 1. The number of amides is 1. The van der Waals surface area contributed by atoms with E-state index in [9.17, 15) is 9.59 Å². The number of ether oxygens (including phenoxy) is 2. The van der Waals surface area contributed by atoms with Crippen molar-refractivity contribution in [2.45, 2.75) is 13.2 Å². The fourth-order valence-electron chi connectivity index (χ4n) is 2.56. The van der Waals surface area contributed by atoms with Gasteiger partial charge in [0.15, 0.2) is 0 Å². The first-order chi connectivity index (χ1) is 12.0. The summed E-state index contributed by atoms with van der Waals surface area (Å²) in [7, 11) is 0. The van der Waals surface area contributed by atoms with E-state index in [4.69, 9.17) is 26.2 Å². The third kappa shape index (κ3) is 4.03. The Kier molecular flexibility index (Phi) is 5.09. The smallest absolute Gasteiger partial charge is 0.410 e. The Morgan fingerprint density at radius 2 is 2.00 bits per heavy atom. The summed E-state index contributed by atoms with van der Waals surface area (Å²) in [5, 5.41) is 9.38. The highest BCUT2D eigenvalue weighted by Crippen LogP contribution is 2.33. The Bertz CT molecular complexity index is 794. The zero-order chi connectivity index (χ0) is 17.8. The van der Waals surface area contributed by atoms with Gasteiger partial charge in [-0.3, -0.25) is 0 Å². The highest BCUT2D eigenvalue weighted by molar-refractivity contribution is 6.32. The fraction of sp³-hybridized carbons (Fsp3) is 0.222. The van der Waals surface area contributed by atoms with Crippen LogP contribution >= 0.6 is 11.6 Å². The average molecular weight is 362 g/mol. The molecule has 0 saturated carbocycles. The van der Waals surface area contributed by atoms with Gasteiger partial charge in [-0.15, -0.1) is 0 Å². The van der Waals surface area contributed by atoms with Crippen molar-refractivity contribution in [3.05, 3.63) is 64.2 Å². The number of rotatable bonds is 3. The molecule has 0 unspecified atom stereocenters. The molecule has 1 aliphatic rings. The normalized spacial score (nSPS) is 13.4. The van der Waals surface area contributed by atoms with Crippen LogP contribution in [0.3, 0.4) is 0 Å². The number of carboxylic acid groups (broad SMARTS) is 1. The predicted octanol–water partition coefficient (Wildman–Crippen LogP) is 3.57. The summed E-state index contributed by atoms with van der Waals surface area (Å²) in [5.41, 5.74) is 1.48. The molecule has 0 spiro atoms. The molecule has 25 heavy (non-hydrogen) atoms. The number of carbonyl (C=O) groups is 2. The highest BCUT2D eigenvalue weighted by Gasteiger charge is 2.24. The summed E-state index contributed by atoms with van der Waals surface area (Å²) in [4.78, 5) is 25.0. The molecule has 0 fully saturated rings. The van der Waals surface area contributed by atoms with Gasteiger partial charge in [-0.05, 0) is 17.7 Å². The molecule has 2 aromatic rings. The molecule has 1 aliphatic heterocycles. The molecule has 0 aromatic heterocycles. The van der Waals surface area contributed by atoms with E-state index in [0.29, 0.717) is 17.9 Å². The van der Waals surface area contributed by atoms with E-state index in [1.807, 2.05) is 30.3 Å². The lowest BCUT2D eigenvalue weighted by Crippen LogP contribution is -2.32. The van der Waals surface area contributed by atoms with Gasteiger partial charge in [-0.1, -0.05) is 41.9 Å². The summed E-state index contributed by atoms with van der Waals surface area (Å²) in [5.74, 6) is -0.683. The van der Waals surface area contributed by atoms with Gasteiger partial charge in [0, 0.05) is 5.56 Å². The highest BCUT2D eigenvalue weighted by atomic mass is 35.5. The van der Waals surface area contributed by atoms with Crippen molar-refractivity contribution >= 4 is 23.7 Å². The molecule has 1 heterocycles. The molecule has 2 aromatic carbocycles. The zero-order valence-electron chi connectivity index (χ0n) is 13.3. The van der Waals surface area contributed by atoms with Gasteiger partial charge in [0.25, 0.3) is 0 Å². The third-order valence-corrected chi connectivity index (χ3v) is 4.08. The maximum absolute atomic E-state index is 12.3. The minimum Gasteiger partial charge on any atom is -0.490 e. The Morgan fingerprint density at radius 3 is 2.72 bits per heavy atom. The molecular weight excluding hydrogens is 346 g/mol. The topological polar surface area (TPSA) is 76.1 Å². The zero-order valence-corrected chi connectivity index (χ0v) is 14.0. The Morgan fingerprint density at radius 1 is 1.24 bits per heavy atom. The average Bonchev–Trinajstić information content (AvgIpc) is 2.83. The van der Waals surface area contributed by atoms with Crippen molar-refractivity contribution in [1.29, 1.82) is 0 Å². The van der Waals surface area contributed by atoms with Crippen LogP contribution in [0.5, 0.6) is 5.75 Å². The lowest BCUT2D eigenvalue weighted by atomic mass is 10.1. The van der Waals surface area contributed by atoms with Crippen LogP contribution in [0, 0.1) is 0 Å². The molecule has 0 aliphatic carbocycles. The summed E-state index contributed by atoms with van der Waals surface area (Å²) < 4.78 is 10.9. The second-order valence-corrected chi connectivity index (χ2v) is 5.97. The summed E-state index contributed by atoms with van der Waals surface area (Å²) in [6.45, 7) is 0.907. The van der Waals surface area contributed by atoms with Gasteiger partial charge in [0.05, 0.1) is 23.7 Å². The largest absolute Gasteiger partial charge is 0.490 e. The molecule has 0 saturated heterocycles. The van der Waals surface area contributed by atoms with Crippen LogP contribution in [-0.2, 0) is 17.9 Å². The molecule has 0 atom stereocenters. The van der Waals surface area contributed by atoms with E-state index in [1.54, 1.807) is 0 Å². The van der Waals surface area contributed by atoms with Crippen LogP contribution in [0.25, 0.3) is 0 Å². The predicted molar refractivity (Wildman–Crippen MR) is 90.9 cm³/mol. The van der Waals surface area contributed by atoms with Gasteiger partial charge < -0.3 is 19.5 Å². The lowest BCUT2D eigenvalue weighted by Gasteiger charge is -2.19. The molecule has 1 amide bonds. The van der Waals surface area contributed by atoms with Crippen molar-refractivity contribution in [3.63, 3.8) is 0 Å². The van der Waals surface area contributed by atoms with E-state index in [-0.39, 0.29) is 30.3 Å². The van der Waals surface area contributed by atoms with E-state index in [2.05, 4.69) is 0 Å². The second kappa shape index (κ2) is 7.44. The number of nitrogens with zero attached hydrogens (tertiary/aromatic N) is 1. The van der Waals surface area contributed by atoms with Gasteiger partial charge in [0.1, 0.15) is 19.0 Å². The van der Waals surface area contributed by atoms with E-state index in [0.717, 1.165) is 5.56 Å². The van der Waals surface area contributed by atoms with Crippen LogP contribution < -0.4 is 4.74 Å². The Hall–Kier alpha value is -2.73. The van der Waals surface area contributed by atoms with E-state index >= 15 is 0 Å². The minimum absolute atomic E-state index is 0.0480. The Labute approximate surface area is 149 Å². The monoisotopic (exact) mass is 361 g/mol. The van der Waals surface area contributed by atoms with Gasteiger partial charge >= 0.3 is 12.1 Å². The third-order valence-electron chi connectivity index (χ3n) is 3.80. The van der Waals surface area contributed by atoms with Crippen LogP contribution in [0.15, 0.2) is 42.5 Å². The summed E-state index contributed by atoms with van der Waals surface area (Å²) in [6.07, 6.45) is -0.489. The van der Waals surface area contributed by atoms with Crippen molar-refractivity contribution in [2.24, 2.45) is 0 Å². The molecule has 7 heteroatoms.